The van der Waals surface area contributed by atoms with E-state index in [4.69, 9.17) is 0 Å². The van der Waals surface area contributed by atoms with Crippen LogP contribution in [0.25, 0.3) is 0 Å². The Balaban J connectivity index is 2.85. The van der Waals surface area contributed by atoms with Crippen molar-refractivity contribution < 1.29 is 0 Å². The Kier molecular flexibility index (Phi) is 6.42. The van der Waals surface area contributed by atoms with Crippen molar-refractivity contribution in [2.75, 3.05) is 7.05 Å². The molecule has 1 atom stereocenters. The zero-order chi connectivity index (χ0) is 13.5. The maximum atomic E-state index is 3.46. The van der Waals surface area contributed by atoms with Gasteiger partial charge in [-0.15, -0.1) is 0 Å². The van der Waals surface area contributed by atoms with Crippen LogP contribution in [0.4, 0.5) is 0 Å². The first-order valence-corrected chi connectivity index (χ1v) is 7.41. The predicted octanol–water partition coefficient (Wildman–Crippen LogP) is 4.51. The van der Waals surface area contributed by atoms with Crippen molar-refractivity contribution >= 4 is 0 Å². The van der Waals surface area contributed by atoms with Gasteiger partial charge in [0.05, 0.1) is 0 Å². The SMILES string of the molecule is CCc1ccc(C(CCC(C)C)NC)cc1CC. The van der Waals surface area contributed by atoms with Gasteiger partial charge in [-0.1, -0.05) is 45.9 Å². The molecule has 0 aliphatic carbocycles. The molecule has 0 saturated carbocycles. The first-order chi connectivity index (χ1) is 8.62. The lowest BCUT2D eigenvalue weighted by molar-refractivity contribution is 0.464. The third kappa shape index (κ3) is 4.13. The van der Waals surface area contributed by atoms with Gasteiger partial charge < -0.3 is 5.32 Å². The molecule has 0 radical (unpaired) electrons. The Labute approximate surface area is 113 Å². The zero-order valence-electron chi connectivity index (χ0n) is 12.7. The minimum atomic E-state index is 0.503. The second-order valence-corrected chi connectivity index (χ2v) is 5.55. The summed E-state index contributed by atoms with van der Waals surface area (Å²) in [5.74, 6) is 0.779. The highest BCUT2D eigenvalue weighted by Gasteiger charge is 2.11. The Morgan fingerprint density at radius 2 is 1.67 bits per heavy atom. The van der Waals surface area contributed by atoms with Crippen LogP contribution in [0.1, 0.15) is 63.3 Å². The molecule has 1 heteroatoms. The van der Waals surface area contributed by atoms with Crippen molar-refractivity contribution in [2.24, 2.45) is 5.92 Å². The minimum absolute atomic E-state index is 0.503. The van der Waals surface area contributed by atoms with Crippen LogP contribution in [-0.2, 0) is 12.8 Å². The molecule has 1 unspecified atom stereocenters. The van der Waals surface area contributed by atoms with Gasteiger partial charge in [0.1, 0.15) is 0 Å². The summed E-state index contributed by atoms with van der Waals surface area (Å²) in [7, 11) is 2.07. The van der Waals surface area contributed by atoms with Crippen LogP contribution in [0.15, 0.2) is 18.2 Å². The molecule has 0 aliphatic rings. The summed E-state index contributed by atoms with van der Waals surface area (Å²) < 4.78 is 0. The minimum Gasteiger partial charge on any atom is -0.313 e. The second-order valence-electron chi connectivity index (χ2n) is 5.55. The Bertz CT molecular complexity index is 355. The number of hydrogen-bond donors (Lipinski definition) is 1. The molecule has 0 fully saturated rings. The van der Waals surface area contributed by atoms with Gasteiger partial charge in [0, 0.05) is 6.04 Å². The Morgan fingerprint density at radius 3 is 2.17 bits per heavy atom. The molecule has 102 valence electrons. The van der Waals surface area contributed by atoms with Crippen molar-refractivity contribution in [2.45, 2.75) is 59.4 Å². The summed E-state index contributed by atoms with van der Waals surface area (Å²) >= 11 is 0. The van der Waals surface area contributed by atoms with E-state index in [1.54, 1.807) is 0 Å². The van der Waals surface area contributed by atoms with Gasteiger partial charge in [0.15, 0.2) is 0 Å². The third-order valence-corrected chi connectivity index (χ3v) is 3.78. The van der Waals surface area contributed by atoms with Crippen molar-refractivity contribution in [1.82, 2.24) is 5.32 Å². The summed E-state index contributed by atoms with van der Waals surface area (Å²) in [5, 5.41) is 3.46. The fraction of sp³-hybridized carbons (Fsp3) is 0.647. The van der Waals surface area contributed by atoms with Gasteiger partial charge in [-0.05, 0) is 55.3 Å². The molecule has 1 N–H and O–H groups in total. The van der Waals surface area contributed by atoms with Gasteiger partial charge in [-0.25, -0.2) is 0 Å². The number of benzene rings is 1. The van der Waals surface area contributed by atoms with E-state index in [-0.39, 0.29) is 0 Å². The molecule has 0 saturated heterocycles. The first kappa shape index (κ1) is 15.2. The summed E-state index contributed by atoms with van der Waals surface area (Å²) in [6.07, 6.45) is 4.78. The number of nitrogens with one attached hydrogen (secondary N) is 1. The highest BCUT2D eigenvalue weighted by atomic mass is 14.9. The average Bonchev–Trinajstić information content (AvgIpc) is 2.38. The van der Waals surface area contributed by atoms with E-state index in [1.165, 1.54) is 29.5 Å². The number of hydrogen-bond acceptors (Lipinski definition) is 1. The van der Waals surface area contributed by atoms with Crippen molar-refractivity contribution in [3.05, 3.63) is 34.9 Å². The molecular formula is C17H29N. The molecule has 0 aliphatic heterocycles. The molecule has 1 rings (SSSR count). The van der Waals surface area contributed by atoms with Gasteiger partial charge >= 0.3 is 0 Å². The predicted molar refractivity (Wildman–Crippen MR) is 81.1 cm³/mol. The molecule has 0 heterocycles. The molecule has 0 spiro atoms. The smallest absolute Gasteiger partial charge is 0.0317 e. The van der Waals surface area contributed by atoms with Gasteiger partial charge in [-0.2, -0.15) is 0 Å². The maximum absolute atomic E-state index is 3.46. The second kappa shape index (κ2) is 7.58. The fourth-order valence-corrected chi connectivity index (χ4v) is 2.51. The van der Waals surface area contributed by atoms with Crippen LogP contribution < -0.4 is 5.32 Å². The Hall–Kier alpha value is -0.820. The van der Waals surface area contributed by atoms with Crippen molar-refractivity contribution in [3.63, 3.8) is 0 Å². The van der Waals surface area contributed by atoms with Crippen molar-refractivity contribution in [3.8, 4) is 0 Å². The highest BCUT2D eigenvalue weighted by Crippen LogP contribution is 2.23. The highest BCUT2D eigenvalue weighted by molar-refractivity contribution is 5.33. The maximum Gasteiger partial charge on any atom is 0.0317 e. The third-order valence-electron chi connectivity index (χ3n) is 3.78. The van der Waals surface area contributed by atoms with E-state index in [1.807, 2.05) is 0 Å². The lowest BCUT2D eigenvalue weighted by Gasteiger charge is -2.19. The van der Waals surface area contributed by atoms with E-state index >= 15 is 0 Å². The van der Waals surface area contributed by atoms with Crippen molar-refractivity contribution in [1.29, 1.82) is 0 Å². The first-order valence-electron chi connectivity index (χ1n) is 7.41. The number of rotatable bonds is 7. The van der Waals surface area contributed by atoms with E-state index in [2.05, 4.69) is 58.3 Å². The van der Waals surface area contributed by atoms with Crippen LogP contribution in [-0.4, -0.2) is 7.05 Å². The quantitative estimate of drug-likeness (QED) is 0.747. The molecule has 0 amide bonds. The monoisotopic (exact) mass is 247 g/mol. The van der Waals surface area contributed by atoms with Crippen LogP contribution >= 0.6 is 0 Å². The molecule has 1 aromatic carbocycles. The molecule has 18 heavy (non-hydrogen) atoms. The Morgan fingerprint density at radius 1 is 1.00 bits per heavy atom. The summed E-state index contributed by atoms with van der Waals surface area (Å²) in [6.45, 7) is 9.08. The fourth-order valence-electron chi connectivity index (χ4n) is 2.51. The van der Waals surface area contributed by atoms with Crippen LogP contribution in [0.5, 0.6) is 0 Å². The topological polar surface area (TPSA) is 12.0 Å². The molecule has 0 aromatic heterocycles. The summed E-state index contributed by atoms with van der Waals surface area (Å²) in [4.78, 5) is 0. The summed E-state index contributed by atoms with van der Waals surface area (Å²) in [6, 6.07) is 7.52. The van der Waals surface area contributed by atoms with E-state index < -0.39 is 0 Å². The van der Waals surface area contributed by atoms with E-state index in [0.29, 0.717) is 6.04 Å². The molecular weight excluding hydrogens is 218 g/mol. The van der Waals surface area contributed by atoms with Gasteiger partial charge in [0.25, 0.3) is 0 Å². The lowest BCUT2D eigenvalue weighted by Crippen LogP contribution is -2.17. The van der Waals surface area contributed by atoms with Crippen LogP contribution in [0.3, 0.4) is 0 Å². The van der Waals surface area contributed by atoms with Gasteiger partial charge in [-0.3, -0.25) is 0 Å². The van der Waals surface area contributed by atoms with E-state index in [9.17, 15) is 0 Å². The van der Waals surface area contributed by atoms with E-state index in [0.717, 1.165) is 18.8 Å². The largest absolute Gasteiger partial charge is 0.313 e. The number of aryl methyl sites for hydroxylation is 2. The molecule has 1 nitrogen and oxygen atoms in total. The average molecular weight is 247 g/mol. The summed E-state index contributed by atoms with van der Waals surface area (Å²) in [5.41, 5.74) is 4.46. The van der Waals surface area contributed by atoms with Gasteiger partial charge in [0.2, 0.25) is 0 Å². The molecule has 1 aromatic rings. The molecule has 0 bridgehead atoms. The lowest BCUT2D eigenvalue weighted by atomic mass is 9.93. The zero-order valence-corrected chi connectivity index (χ0v) is 12.7. The van der Waals surface area contributed by atoms with Crippen LogP contribution in [0, 0.1) is 5.92 Å². The standard InChI is InChI=1S/C17H29N/c1-6-14-9-10-16(12-15(14)7-2)17(18-5)11-8-13(3)4/h9-10,12-13,17-18H,6-8,11H2,1-5H3. The van der Waals surface area contributed by atoms with Crippen LogP contribution in [0.2, 0.25) is 0 Å². The normalized spacial score (nSPS) is 13.0.